The first-order chi connectivity index (χ1) is 6.72. The molecule has 14 heavy (non-hydrogen) atoms. The Morgan fingerprint density at radius 1 is 1.57 bits per heavy atom. The highest BCUT2D eigenvalue weighted by atomic mass is 19.1. The fraction of sp³-hybridized carbons (Fsp3) is 0.250. The molecule has 0 saturated carbocycles. The zero-order chi connectivity index (χ0) is 10.1. The van der Waals surface area contributed by atoms with E-state index in [0.29, 0.717) is 18.4 Å². The molecule has 1 unspecified atom stereocenters. The summed E-state index contributed by atoms with van der Waals surface area (Å²) < 4.78 is 12.9. The van der Waals surface area contributed by atoms with Crippen LogP contribution < -0.4 is 0 Å². The van der Waals surface area contributed by atoms with Crippen LogP contribution in [0.2, 0.25) is 0 Å². The van der Waals surface area contributed by atoms with Crippen molar-refractivity contribution >= 4 is 5.78 Å². The number of rotatable bonds is 2. The van der Waals surface area contributed by atoms with Crippen molar-refractivity contribution in [1.29, 1.82) is 0 Å². The van der Waals surface area contributed by atoms with E-state index in [4.69, 9.17) is 0 Å². The molecule has 0 fully saturated rings. The largest absolute Gasteiger partial charge is 0.294 e. The van der Waals surface area contributed by atoms with E-state index in [2.05, 4.69) is 6.58 Å². The van der Waals surface area contributed by atoms with Crippen molar-refractivity contribution in [2.24, 2.45) is 5.92 Å². The van der Waals surface area contributed by atoms with Gasteiger partial charge in [-0.05, 0) is 36.6 Å². The Morgan fingerprint density at radius 3 is 3.07 bits per heavy atom. The lowest BCUT2D eigenvalue weighted by Gasteiger charge is -2.01. The predicted octanol–water partition coefficient (Wildman–Crippen LogP) is 2.76. The van der Waals surface area contributed by atoms with E-state index >= 15 is 0 Å². The summed E-state index contributed by atoms with van der Waals surface area (Å²) in [6.07, 6.45) is 3.07. The summed E-state index contributed by atoms with van der Waals surface area (Å²) in [7, 11) is 0. The average Bonchev–Trinajstić information content (AvgIpc) is 2.44. The van der Waals surface area contributed by atoms with Gasteiger partial charge in [0.05, 0.1) is 0 Å². The van der Waals surface area contributed by atoms with Gasteiger partial charge in [0.15, 0.2) is 5.78 Å². The molecule has 1 aliphatic rings. The number of carbonyl (C=O) groups is 1. The molecule has 0 aromatic heterocycles. The summed E-state index contributed by atoms with van der Waals surface area (Å²) in [6, 6.07) is 4.37. The minimum absolute atomic E-state index is 0.0238. The van der Waals surface area contributed by atoms with E-state index in [1.54, 1.807) is 12.1 Å². The van der Waals surface area contributed by atoms with E-state index in [0.717, 1.165) is 5.56 Å². The smallest absolute Gasteiger partial charge is 0.166 e. The number of Topliss-reactive ketones (excluding diaryl/α,β-unsaturated/α-hetero) is 1. The summed E-state index contributed by atoms with van der Waals surface area (Å²) in [5.41, 5.74) is 1.51. The van der Waals surface area contributed by atoms with Gasteiger partial charge in [-0.1, -0.05) is 6.08 Å². The topological polar surface area (TPSA) is 17.1 Å². The summed E-state index contributed by atoms with van der Waals surface area (Å²) in [4.78, 5) is 11.7. The van der Waals surface area contributed by atoms with Crippen molar-refractivity contribution in [3.63, 3.8) is 0 Å². The van der Waals surface area contributed by atoms with Gasteiger partial charge in [-0.2, -0.15) is 0 Å². The number of hydrogen-bond acceptors (Lipinski definition) is 1. The third kappa shape index (κ3) is 1.37. The number of allylic oxidation sites excluding steroid dienone is 1. The normalized spacial score (nSPS) is 19.5. The first-order valence-electron chi connectivity index (χ1n) is 4.66. The van der Waals surface area contributed by atoms with Crippen molar-refractivity contribution in [2.45, 2.75) is 12.8 Å². The van der Waals surface area contributed by atoms with Crippen LogP contribution in [0.15, 0.2) is 30.9 Å². The van der Waals surface area contributed by atoms with E-state index in [9.17, 15) is 9.18 Å². The molecule has 0 N–H and O–H groups in total. The molecule has 0 amide bonds. The Hall–Kier alpha value is -1.44. The van der Waals surface area contributed by atoms with Crippen LogP contribution in [-0.2, 0) is 6.42 Å². The molecule has 1 aliphatic carbocycles. The Labute approximate surface area is 82.3 Å². The SMILES string of the molecule is C=CCC1Cc2cc(F)ccc2C1=O. The second-order valence-corrected chi connectivity index (χ2v) is 3.59. The Balaban J connectivity index is 2.35. The molecular weight excluding hydrogens is 179 g/mol. The highest BCUT2D eigenvalue weighted by Gasteiger charge is 2.29. The average molecular weight is 190 g/mol. The maximum absolute atomic E-state index is 12.9. The highest BCUT2D eigenvalue weighted by molar-refractivity contribution is 6.02. The molecule has 1 atom stereocenters. The van der Waals surface area contributed by atoms with Crippen molar-refractivity contribution in [2.75, 3.05) is 0 Å². The highest BCUT2D eigenvalue weighted by Crippen LogP contribution is 2.29. The monoisotopic (exact) mass is 190 g/mol. The summed E-state index contributed by atoms with van der Waals surface area (Å²) in [5.74, 6) is -0.167. The van der Waals surface area contributed by atoms with Crippen molar-refractivity contribution in [1.82, 2.24) is 0 Å². The van der Waals surface area contributed by atoms with Crippen LogP contribution >= 0.6 is 0 Å². The molecular formula is C12H11FO. The lowest BCUT2D eigenvalue weighted by molar-refractivity contribution is 0.0938. The van der Waals surface area contributed by atoms with E-state index in [1.165, 1.54) is 12.1 Å². The molecule has 0 spiro atoms. The van der Waals surface area contributed by atoms with Crippen LogP contribution in [0.4, 0.5) is 4.39 Å². The predicted molar refractivity (Wildman–Crippen MR) is 52.7 cm³/mol. The molecule has 2 heteroatoms. The van der Waals surface area contributed by atoms with Gasteiger partial charge >= 0.3 is 0 Å². The third-order valence-corrected chi connectivity index (χ3v) is 2.62. The van der Waals surface area contributed by atoms with Gasteiger partial charge < -0.3 is 0 Å². The molecule has 1 nitrogen and oxygen atoms in total. The van der Waals surface area contributed by atoms with E-state index < -0.39 is 0 Å². The Bertz CT molecular complexity index is 395. The van der Waals surface area contributed by atoms with Crippen molar-refractivity contribution < 1.29 is 9.18 Å². The molecule has 0 saturated heterocycles. The quantitative estimate of drug-likeness (QED) is 0.655. The molecule has 0 bridgehead atoms. The number of halogens is 1. The molecule has 2 rings (SSSR count). The summed E-state index contributed by atoms with van der Waals surface area (Å²) in [6.45, 7) is 3.61. The standard InChI is InChI=1S/C12H11FO/c1-2-3-8-6-9-7-10(13)4-5-11(9)12(8)14/h2,4-5,7-8H,1,3,6H2. The van der Waals surface area contributed by atoms with E-state index in [1.807, 2.05) is 0 Å². The lowest BCUT2D eigenvalue weighted by atomic mass is 10.0. The van der Waals surface area contributed by atoms with E-state index in [-0.39, 0.29) is 17.5 Å². The van der Waals surface area contributed by atoms with Crippen molar-refractivity contribution in [3.8, 4) is 0 Å². The number of fused-ring (bicyclic) bond motifs is 1. The van der Waals surface area contributed by atoms with Gasteiger partial charge in [-0.3, -0.25) is 4.79 Å². The first kappa shape index (κ1) is 9.13. The molecule has 1 aromatic rings. The lowest BCUT2D eigenvalue weighted by Crippen LogP contribution is -2.07. The zero-order valence-corrected chi connectivity index (χ0v) is 7.79. The van der Waals surface area contributed by atoms with Gasteiger partial charge in [0.2, 0.25) is 0 Å². The third-order valence-electron chi connectivity index (χ3n) is 2.62. The maximum atomic E-state index is 12.9. The first-order valence-corrected chi connectivity index (χ1v) is 4.66. The molecule has 1 aromatic carbocycles. The maximum Gasteiger partial charge on any atom is 0.166 e. The van der Waals surface area contributed by atoms with Gasteiger partial charge in [-0.25, -0.2) is 4.39 Å². The van der Waals surface area contributed by atoms with Crippen molar-refractivity contribution in [3.05, 3.63) is 47.8 Å². The number of hydrogen-bond donors (Lipinski definition) is 0. The molecule has 0 radical (unpaired) electrons. The fourth-order valence-electron chi connectivity index (χ4n) is 1.94. The zero-order valence-electron chi connectivity index (χ0n) is 7.79. The number of benzene rings is 1. The van der Waals surface area contributed by atoms with Crippen LogP contribution in [0, 0.1) is 11.7 Å². The Morgan fingerprint density at radius 2 is 2.36 bits per heavy atom. The van der Waals surface area contributed by atoms with Crippen LogP contribution in [0.5, 0.6) is 0 Å². The van der Waals surface area contributed by atoms with Gasteiger partial charge in [0.1, 0.15) is 5.82 Å². The van der Waals surface area contributed by atoms with Crippen LogP contribution in [0.3, 0.4) is 0 Å². The summed E-state index contributed by atoms with van der Waals surface area (Å²) >= 11 is 0. The number of carbonyl (C=O) groups excluding carboxylic acids is 1. The summed E-state index contributed by atoms with van der Waals surface area (Å²) in [5, 5.41) is 0. The Kier molecular flexibility index (Phi) is 2.20. The van der Waals surface area contributed by atoms with Crippen LogP contribution in [-0.4, -0.2) is 5.78 Å². The minimum Gasteiger partial charge on any atom is -0.294 e. The second kappa shape index (κ2) is 3.37. The van der Waals surface area contributed by atoms with Gasteiger partial charge in [-0.15, -0.1) is 6.58 Å². The van der Waals surface area contributed by atoms with Gasteiger partial charge in [0.25, 0.3) is 0 Å². The van der Waals surface area contributed by atoms with Gasteiger partial charge in [0, 0.05) is 11.5 Å². The fourth-order valence-corrected chi connectivity index (χ4v) is 1.94. The number of ketones is 1. The minimum atomic E-state index is -0.268. The molecule has 0 aliphatic heterocycles. The van der Waals surface area contributed by atoms with Crippen LogP contribution in [0.25, 0.3) is 0 Å². The van der Waals surface area contributed by atoms with Crippen LogP contribution in [0.1, 0.15) is 22.3 Å². The molecule has 0 heterocycles. The second-order valence-electron chi connectivity index (χ2n) is 3.59. The molecule has 72 valence electrons.